The van der Waals surface area contributed by atoms with E-state index in [2.05, 4.69) is 25.5 Å². The highest BCUT2D eigenvalue weighted by molar-refractivity contribution is 7.99. The number of thiazole rings is 2. The summed E-state index contributed by atoms with van der Waals surface area (Å²) < 4.78 is 32.0. The molecular formula is C18H13F2N5O2S3. The Morgan fingerprint density at radius 2 is 2.03 bits per heavy atom. The van der Waals surface area contributed by atoms with Crippen LogP contribution in [0.4, 0.5) is 13.9 Å². The third-order valence-electron chi connectivity index (χ3n) is 3.80. The van der Waals surface area contributed by atoms with Gasteiger partial charge in [-0.3, -0.25) is 4.79 Å². The number of carbonyl (C=O) groups excluding carboxylic acids is 1. The van der Waals surface area contributed by atoms with Gasteiger partial charge in [0.1, 0.15) is 4.88 Å². The van der Waals surface area contributed by atoms with Crippen LogP contribution < -0.4 is 5.32 Å². The summed E-state index contributed by atoms with van der Waals surface area (Å²) >= 11 is 3.75. The minimum atomic E-state index is -0.954. The predicted octanol–water partition coefficient (Wildman–Crippen LogP) is 4.94. The second-order valence-corrected chi connectivity index (χ2v) is 9.01. The molecule has 0 aliphatic carbocycles. The highest BCUT2D eigenvalue weighted by atomic mass is 32.2. The Morgan fingerprint density at radius 1 is 1.20 bits per heavy atom. The molecule has 0 aliphatic heterocycles. The summed E-state index contributed by atoms with van der Waals surface area (Å²) in [6.45, 7) is 3.76. The first-order valence-corrected chi connectivity index (χ1v) is 11.2. The molecule has 1 N–H and O–H groups in total. The molecule has 154 valence electrons. The fourth-order valence-electron chi connectivity index (χ4n) is 2.49. The van der Waals surface area contributed by atoms with Crippen molar-refractivity contribution < 1.29 is 18.0 Å². The van der Waals surface area contributed by atoms with Gasteiger partial charge in [0.15, 0.2) is 16.8 Å². The highest BCUT2D eigenvalue weighted by Gasteiger charge is 2.16. The fraction of sp³-hybridized carbons (Fsp3) is 0.167. The largest absolute Gasteiger partial charge is 0.410 e. The van der Waals surface area contributed by atoms with Gasteiger partial charge in [0.25, 0.3) is 11.1 Å². The molecule has 1 aromatic carbocycles. The topological polar surface area (TPSA) is 93.8 Å². The third kappa shape index (κ3) is 4.55. The summed E-state index contributed by atoms with van der Waals surface area (Å²) in [6, 6.07) is 3.52. The number of halogens is 2. The first-order chi connectivity index (χ1) is 14.4. The molecule has 30 heavy (non-hydrogen) atoms. The van der Waals surface area contributed by atoms with Gasteiger partial charge in [-0.25, -0.2) is 18.7 Å². The Morgan fingerprint density at radius 3 is 2.77 bits per heavy atom. The van der Waals surface area contributed by atoms with Crippen LogP contribution in [0, 0.1) is 25.5 Å². The molecule has 0 aliphatic rings. The molecule has 4 aromatic rings. The van der Waals surface area contributed by atoms with Gasteiger partial charge in [0.05, 0.1) is 22.1 Å². The maximum absolute atomic E-state index is 13.4. The van der Waals surface area contributed by atoms with Crippen molar-refractivity contribution in [3.05, 3.63) is 45.9 Å². The Balaban J connectivity index is 1.35. The minimum absolute atomic E-state index is 0.0441. The quantitative estimate of drug-likeness (QED) is 0.403. The Labute approximate surface area is 181 Å². The van der Waals surface area contributed by atoms with Gasteiger partial charge in [0.2, 0.25) is 5.91 Å². The Hall–Kier alpha value is -2.70. The van der Waals surface area contributed by atoms with Crippen LogP contribution in [0.15, 0.2) is 33.2 Å². The SMILES string of the molecule is Cc1nc(C)c(-c2nnc(SCC(=O)Nc3nc(-c4ccc(F)c(F)c4)cs3)o2)s1. The first kappa shape index (κ1) is 20.6. The molecule has 7 nitrogen and oxygen atoms in total. The smallest absolute Gasteiger partial charge is 0.277 e. The van der Waals surface area contributed by atoms with Gasteiger partial charge in [-0.1, -0.05) is 11.8 Å². The van der Waals surface area contributed by atoms with Gasteiger partial charge in [0, 0.05) is 10.9 Å². The number of nitrogens with one attached hydrogen (secondary N) is 1. The molecule has 0 spiro atoms. The van der Waals surface area contributed by atoms with E-state index in [4.69, 9.17) is 4.42 Å². The van der Waals surface area contributed by atoms with Crippen molar-refractivity contribution in [3.8, 4) is 22.0 Å². The second kappa shape index (κ2) is 8.58. The second-order valence-electron chi connectivity index (χ2n) is 6.02. The molecule has 0 atom stereocenters. The zero-order valence-electron chi connectivity index (χ0n) is 15.6. The monoisotopic (exact) mass is 465 g/mol. The zero-order chi connectivity index (χ0) is 21.3. The molecule has 4 rings (SSSR count). The van der Waals surface area contributed by atoms with Crippen molar-refractivity contribution in [2.75, 3.05) is 11.1 Å². The summed E-state index contributed by atoms with van der Waals surface area (Å²) in [5, 5.41) is 13.8. The minimum Gasteiger partial charge on any atom is -0.410 e. The Bertz CT molecular complexity index is 1220. The van der Waals surface area contributed by atoms with Gasteiger partial charge >= 0.3 is 0 Å². The molecule has 0 radical (unpaired) electrons. The zero-order valence-corrected chi connectivity index (χ0v) is 18.1. The van der Waals surface area contributed by atoms with Crippen LogP contribution in [-0.2, 0) is 4.79 Å². The van der Waals surface area contributed by atoms with Crippen LogP contribution in [0.2, 0.25) is 0 Å². The van der Waals surface area contributed by atoms with Crippen LogP contribution in [-0.4, -0.2) is 31.8 Å². The van der Waals surface area contributed by atoms with Crippen molar-refractivity contribution in [1.29, 1.82) is 0 Å². The summed E-state index contributed by atoms with van der Waals surface area (Å²) in [5.41, 5.74) is 1.68. The summed E-state index contributed by atoms with van der Waals surface area (Å²) in [5.74, 6) is -1.77. The molecule has 1 amide bonds. The maximum Gasteiger partial charge on any atom is 0.277 e. The third-order valence-corrected chi connectivity index (χ3v) is 6.43. The number of amides is 1. The number of hydrogen-bond acceptors (Lipinski definition) is 9. The van der Waals surface area contributed by atoms with E-state index in [-0.39, 0.29) is 16.9 Å². The summed E-state index contributed by atoms with van der Waals surface area (Å²) in [6.07, 6.45) is 0. The number of rotatable bonds is 6. The molecule has 0 fully saturated rings. The van der Waals surface area contributed by atoms with Crippen LogP contribution in [0.1, 0.15) is 10.7 Å². The molecular weight excluding hydrogens is 452 g/mol. The van der Waals surface area contributed by atoms with Gasteiger partial charge in [-0.2, -0.15) is 0 Å². The van der Waals surface area contributed by atoms with Crippen molar-refractivity contribution in [3.63, 3.8) is 0 Å². The van der Waals surface area contributed by atoms with Crippen LogP contribution in [0.3, 0.4) is 0 Å². The number of nitrogens with zero attached hydrogens (tertiary/aromatic N) is 4. The lowest BCUT2D eigenvalue weighted by atomic mass is 10.2. The normalized spacial score (nSPS) is 11.1. The molecule has 0 unspecified atom stereocenters. The van der Waals surface area contributed by atoms with Gasteiger partial charge in [-0.05, 0) is 32.0 Å². The maximum atomic E-state index is 13.4. The first-order valence-electron chi connectivity index (χ1n) is 8.50. The lowest BCUT2D eigenvalue weighted by molar-refractivity contribution is -0.113. The van der Waals surface area contributed by atoms with E-state index in [1.807, 2.05) is 13.8 Å². The number of aryl methyl sites for hydroxylation is 2. The van der Waals surface area contributed by atoms with Crippen LogP contribution >= 0.6 is 34.4 Å². The summed E-state index contributed by atoms with van der Waals surface area (Å²) in [7, 11) is 0. The Kier molecular flexibility index (Phi) is 5.88. The lowest BCUT2D eigenvalue weighted by Crippen LogP contribution is -2.13. The molecule has 12 heteroatoms. The van der Waals surface area contributed by atoms with Crippen molar-refractivity contribution in [2.45, 2.75) is 19.1 Å². The number of thioether (sulfide) groups is 1. The molecule has 0 saturated carbocycles. The van der Waals surface area contributed by atoms with E-state index in [0.717, 1.165) is 39.5 Å². The average molecular weight is 466 g/mol. The average Bonchev–Trinajstić information content (AvgIpc) is 3.42. The number of aromatic nitrogens is 4. The van der Waals surface area contributed by atoms with E-state index in [1.165, 1.54) is 28.7 Å². The van der Waals surface area contributed by atoms with E-state index < -0.39 is 11.6 Å². The number of carbonyl (C=O) groups is 1. The molecule has 0 bridgehead atoms. The van der Waals surface area contributed by atoms with E-state index in [0.29, 0.717) is 22.3 Å². The van der Waals surface area contributed by atoms with E-state index in [1.54, 1.807) is 5.38 Å². The van der Waals surface area contributed by atoms with Crippen LogP contribution in [0.5, 0.6) is 0 Å². The number of anilines is 1. The van der Waals surface area contributed by atoms with E-state index >= 15 is 0 Å². The highest BCUT2D eigenvalue weighted by Crippen LogP contribution is 2.31. The molecule has 3 aromatic heterocycles. The van der Waals surface area contributed by atoms with Gasteiger partial charge in [-0.15, -0.1) is 32.9 Å². The number of benzene rings is 1. The van der Waals surface area contributed by atoms with E-state index in [9.17, 15) is 13.6 Å². The van der Waals surface area contributed by atoms with Crippen LogP contribution in [0.25, 0.3) is 22.0 Å². The molecule has 0 saturated heterocycles. The number of hydrogen-bond donors (Lipinski definition) is 1. The standard InChI is InChI=1S/C18H13F2N5O2S3/c1-8-15(30-9(2)21-8)16-24-25-18(27-16)29-7-14(26)23-17-22-13(6-28-17)10-3-4-11(19)12(20)5-10/h3-6H,7H2,1-2H3,(H,22,23,26). The summed E-state index contributed by atoms with van der Waals surface area (Å²) in [4.78, 5) is 21.6. The van der Waals surface area contributed by atoms with Crippen molar-refractivity contribution >= 4 is 45.5 Å². The fourth-order valence-corrected chi connectivity index (χ4v) is 4.63. The van der Waals surface area contributed by atoms with Crippen molar-refractivity contribution in [1.82, 2.24) is 20.2 Å². The molecule has 3 heterocycles. The van der Waals surface area contributed by atoms with Crippen molar-refractivity contribution in [2.24, 2.45) is 0 Å². The van der Waals surface area contributed by atoms with Gasteiger partial charge < -0.3 is 9.73 Å². The lowest BCUT2D eigenvalue weighted by Gasteiger charge is -2.00. The predicted molar refractivity (Wildman–Crippen MR) is 112 cm³/mol.